The second-order valence-electron chi connectivity index (χ2n) is 2.72. The fourth-order valence-corrected chi connectivity index (χ4v) is 1.05. The van der Waals surface area contributed by atoms with Crippen LogP contribution < -0.4 is 0 Å². The normalized spacial score (nSPS) is 23.4. The SMILES string of the molecule is O=C1C=C2C(=CCOC2O)O1.O=S(=O)(O)O. The predicted molar refractivity (Wildman–Crippen MR) is 48.4 cm³/mol. The Morgan fingerprint density at radius 2 is 1.94 bits per heavy atom. The lowest BCUT2D eigenvalue weighted by Gasteiger charge is -2.16. The van der Waals surface area contributed by atoms with Gasteiger partial charge in [0.05, 0.1) is 12.2 Å². The average molecular weight is 252 g/mol. The second-order valence-corrected chi connectivity index (χ2v) is 3.62. The van der Waals surface area contributed by atoms with Crippen molar-refractivity contribution in [3.63, 3.8) is 0 Å². The molecule has 0 radical (unpaired) electrons. The van der Waals surface area contributed by atoms with Crippen LogP contribution in [0.4, 0.5) is 0 Å². The molecule has 0 bridgehead atoms. The van der Waals surface area contributed by atoms with Gasteiger partial charge in [-0.1, -0.05) is 0 Å². The highest BCUT2D eigenvalue weighted by atomic mass is 32.3. The lowest BCUT2D eigenvalue weighted by atomic mass is 10.2. The summed E-state index contributed by atoms with van der Waals surface area (Å²) in [6.45, 7) is 0.279. The molecule has 0 aliphatic carbocycles. The van der Waals surface area contributed by atoms with Crippen molar-refractivity contribution in [2.75, 3.05) is 6.61 Å². The van der Waals surface area contributed by atoms with Gasteiger partial charge in [-0.05, 0) is 6.08 Å². The summed E-state index contributed by atoms with van der Waals surface area (Å²) < 4.78 is 41.1. The number of fused-ring (bicyclic) bond motifs is 1. The maximum absolute atomic E-state index is 10.6. The summed E-state index contributed by atoms with van der Waals surface area (Å²) in [4.78, 5) is 10.6. The van der Waals surface area contributed by atoms with Crippen molar-refractivity contribution in [2.45, 2.75) is 6.29 Å². The molecule has 0 saturated heterocycles. The van der Waals surface area contributed by atoms with Crippen LogP contribution in [0.1, 0.15) is 0 Å². The summed E-state index contributed by atoms with van der Waals surface area (Å²) in [6, 6.07) is 0. The molecule has 2 aliphatic rings. The van der Waals surface area contributed by atoms with Gasteiger partial charge in [-0.15, -0.1) is 0 Å². The first-order valence-corrected chi connectivity index (χ1v) is 5.30. The van der Waals surface area contributed by atoms with Crippen molar-refractivity contribution in [2.24, 2.45) is 0 Å². The Balaban J connectivity index is 0.000000221. The monoisotopic (exact) mass is 252 g/mol. The Morgan fingerprint density at radius 1 is 1.38 bits per heavy atom. The van der Waals surface area contributed by atoms with Gasteiger partial charge < -0.3 is 14.6 Å². The molecule has 1 atom stereocenters. The first kappa shape index (κ1) is 12.8. The third-order valence-electron chi connectivity index (χ3n) is 1.56. The second kappa shape index (κ2) is 4.72. The van der Waals surface area contributed by atoms with Crippen LogP contribution in [-0.4, -0.2) is 41.5 Å². The number of aliphatic hydroxyl groups excluding tert-OH is 1. The standard InChI is InChI=1S/C7H6O4.H2O4S/c8-6-3-4-5(11-6)1-2-10-7(4)9;1-5(2,3)4/h1,3,7,9H,2H2;(H2,1,2,3,4). The molecule has 0 spiro atoms. The average Bonchev–Trinajstić information content (AvgIpc) is 2.44. The van der Waals surface area contributed by atoms with Gasteiger partial charge in [-0.3, -0.25) is 9.11 Å². The maximum atomic E-state index is 10.6. The molecule has 16 heavy (non-hydrogen) atoms. The lowest BCUT2D eigenvalue weighted by Crippen LogP contribution is -2.19. The summed E-state index contributed by atoms with van der Waals surface area (Å²) in [5, 5.41) is 9.13. The van der Waals surface area contributed by atoms with E-state index in [9.17, 15) is 4.79 Å². The number of rotatable bonds is 0. The Kier molecular flexibility index (Phi) is 3.78. The molecule has 2 aliphatic heterocycles. The van der Waals surface area contributed by atoms with E-state index in [-0.39, 0.29) is 6.61 Å². The van der Waals surface area contributed by atoms with Crippen molar-refractivity contribution in [3.05, 3.63) is 23.5 Å². The quantitative estimate of drug-likeness (QED) is 0.371. The van der Waals surface area contributed by atoms with E-state index in [4.69, 9.17) is 32.1 Å². The molecule has 0 saturated carbocycles. The minimum atomic E-state index is -4.67. The molecule has 8 nitrogen and oxygen atoms in total. The van der Waals surface area contributed by atoms with E-state index in [2.05, 4.69) is 0 Å². The number of esters is 1. The molecular weight excluding hydrogens is 244 g/mol. The maximum Gasteiger partial charge on any atom is 0.394 e. The van der Waals surface area contributed by atoms with Crippen molar-refractivity contribution >= 4 is 16.4 Å². The zero-order valence-electron chi connectivity index (χ0n) is 7.73. The molecule has 2 heterocycles. The van der Waals surface area contributed by atoms with Crippen molar-refractivity contribution < 1.29 is 36.9 Å². The molecule has 2 rings (SSSR count). The predicted octanol–water partition coefficient (Wildman–Crippen LogP) is -0.951. The minimum Gasteiger partial charge on any atom is -0.423 e. The number of ether oxygens (including phenoxy) is 2. The van der Waals surface area contributed by atoms with Crippen molar-refractivity contribution in [3.8, 4) is 0 Å². The fraction of sp³-hybridized carbons (Fsp3) is 0.286. The minimum absolute atomic E-state index is 0.279. The van der Waals surface area contributed by atoms with Crippen LogP contribution in [0.15, 0.2) is 23.5 Å². The summed E-state index contributed by atoms with van der Waals surface area (Å²) >= 11 is 0. The zero-order valence-corrected chi connectivity index (χ0v) is 8.55. The largest absolute Gasteiger partial charge is 0.423 e. The molecule has 9 heteroatoms. The van der Waals surface area contributed by atoms with Gasteiger partial charge in [-0.2, -0.15) is 8.42 Å². The van der Waals surface area contributed by atoms with Crippen molar-refractivity contribution in [1.29, 1.82) is 0 Å². The fourth-order valence-electron chi connectivity index (χ4n) is 1.05. The van der Waals surface area contributed by atoms with E-state index in [1.165, 1.54) is 6.08 Å². The van der Waals surface area contributed by atoms with Crippen LogP contribution in [0.25, 0.3) is 0 Å². The molecule has 0 amide bonds. The highest BCUT2D eigenvalue weighted by Gasteiger charge is 2.28. The molecule has 90 valence electrons. The van der Waals surface area contributed by atoms with Gasteiger partial charge in [0.1, 0.15) is 5.76 Å². The molecule has 0 aromatic carbocycles. The van der Waals surface area contributed by atoms with E-state index in [0.29, 0.717) is 11.3 Å². The highest BCUT2D eigenvalue weighted by Crippen LogP contribution is 2.26. The van der Waals surface area contributed by atoms with E-state index < -0.39 is 22.7 Å². The van der Waals surface area contributed by atoms with Crippen LogP contribution in [-0.2, 0) is 24.7 Å². The molecule has 1 unspecified atom stereocenters. The Labute approximate surface area is 90.4 Å². The third kappa shape index (κ3) is 4.08. The third-order valence-corrected chi connectivity index (χ3v) is 1.56. The highest BCUT2D eigenvalue weighted by molar-refractivity contribution is 7.79. The molecule has 3 N–H and O–H groups in total. The first-order valence-electron chi connectivity index (χ1n) is 3.91. The van der Waals surface area contributed by atoms with Gasteiger partial charge in [0.15, 0.2) is 6.29 Å². The molecule has 0 aromatic heterocycles. The Bertz CT molecular complexity index is 437. The number of hydrogen-bond acceptors (Lipinski definition) is 6. The van der Waals surface area contributed by atoms with Gasteiger partial charge in [0, 0.05) is 6.08 Å². The van der Waals surface area contributed by atoms with Crippen LogP contribution in [0.3, 0.4) is 0 Å². The Hall–Kier alpha value is -1.26. The van der Waals surface area contributed by atoms with Gasteiger partial charge in [0.2, 0.25) is 0 Å². The number of hydrogen-bond donors (Lipinski definition) is 3. The number of aliphatic hydroxyl groups is 1. The van der Waals surface area contributed by atoms with E-state index in [0.717, 1.165) is 0 Å². The van der Waals surface area contributed by atoms with Crippen LogP contribution >= 0.6 is 0 Å². The summed E-state index contributed by atoms with van der Waals surface area (Å²) in [5.74, 6) is -0.0236. The van der Waals surface area contributed by atoms with E-state index in [1.54, 1.807) is 6.08 Å². The molecule has 0 fully saturated rings. The number of carbonyl (C=O) groups excluding carboxylic acids is 1. The summed E-state index contributed by atoms with van der Waals surface area (Å²) in [7, 11) is -4.67. The smallest absolute Gasteiger partial charge is 0.394 e. The molecular formula is C7H8O8S. The summed E-state index contributed by atoms with van der Waals surface area (Å²) in [5.41, 5.74) is 0.418. The van der Waals surface area contributed by atoms with Crippen LogP contribution in [0, 0.1) is 0 Å². The zero-order chi connectivity index (χ0) is 12.3. The topological polar surface area (TPSA) is 130 Å². The van der Waals surface area contributed by atoms with Crippen LogP contribution in [0.5, 0.6) is 0 Å². The van der Waals surface area contributed by atoms with Gasteiger partial charge in [-0.25, -0.2) is 4.79 Å². The number of carbonyl (C=O) groups is 1. The van der Waals surface area contributed by atoms with Crippen molar-refractivity contribution in [1.82, 2.24) is 0 Å². The van der Waals surface area contributed by atoms with Gasteiger partial charge in [0.25, 0.3) is 0 Å². The van der Waals surface area contributed by atoms with Crippen LogP contribution in [0.2, 0.25) is 0 Å². The summed E-state index contributed by atoms with van der Waals surface area (Å²) in [6.07, 6.45) is 1.83. The lowest BCUT2D eigenvalue weighted by molar-refractivity contribution is -0.132. The first-order chi connectivity index (χ1) is 7.27. The van der Waals surface area contributed by atoms with E-state index in [1.807, 2.05) is 0 Å². The van der Waals surface area contributed by atoms with E-state index >= 15 is 0 Å². The molecule has 0 aromatic rings. The van der Waals surface area contributed by atoms with Gasteiger partial charge >= 0.3 is 16.4 Å². The Morgan fingerprint density at radius 3 is 2.44 bits per heavy atom.